The second kappa shape index (κ2) is 10.9. The average molecular weight is 438 g/mol. The summed E-state index contributed by atoms with van der Waals surface area (Å²) < 4.78 is 10.9. The summed E-state index contributed by atoms with van der Waals surface area (Å²) in [6.45, 7) is 10.9. The number of methoxy groups -OCH3 is 1. The first kappa shape index (κ1) is 23.4. The van der Waals surface area contributed by atoms with E-state index >= 15 is 0 Å². The van der Waals surface area contributed by atoms with Gasteiger partial charge in [0.15, 0.2) is 11.6 Å². The van der Waals surface area contributed by atoms with Crippen LogP contribution in [0.4, 0.5) is 11.5 Å². The molecule has 9 heteroatoms. The molecule has 0 saturated carbocycles. The molecule has 2 fully saturated rings. The fourth-order valence-electron chi connectivity index (χ4n) is 3.54. The van der Waals surface area contributed by atoms with E-state index < -0.39 is 0 Å². The summed E-state index contributed by atoms with van der Waals surface area (Å²) >= 11 is 0. The van der Waals surface area contributed by atoms with Gasteiger partial charge in [-0.3, -0.25) is 4.90 Å². The fourth-order valence-corrected chi connectivity index (χ4v) is 3.54. The molecule has 0 spiro atoms. The summed E-state index contributed by atoms with van der Waals surface area (Å²) in [5.41, 5.74) is 8.70. The lowest BCUT2D eigenvalue weighted by Gasteiger charge is -2.43. The first-order valence-electron chi connectivity index (χ1n) is 10.7. The number of guanidine groups is 1. The van der Waals surface area contributed by atoms with Gasteiger partial charge >= 0.3 is 0 Å². The number of nitrogens with two attached hydrogens (primary N) is 1. The Morgan fingerprint density at radius 3 is 2.59 bits per heavy atom. The quantitative estimate of drug-likeness (QED) is 0.315. The molecule has 0 radical (unpaired) electrons. The maximum absolute atomic E-state index is 9.07. The maximum atomic E-state index is 9.07. The molecule has 2 N–H and O–H groups in total. The van der Waals surface area contributed by atoms with Crippen LogP contribution < -0.4 is 15.4 Å². The third kappa shape index (κ3) is 5.72. The lowest BCUT2D eigenvalue weighted by Crippen LogP contribution is -2.56. The number of nitrogens with zero attached hydrogens (tertiary/aromatic N) is 6. The lowest BCUT2D eigenvalue weighted by atomic mass is 10.1. The number of hydrogen-bond donors (Lipinski definition) is 1. The largest absolute Gasteiger partial charge is 0.493 e. The van der Waals surface area contributed by atoms with Crippen molar-refractivity contribution in [2.75, 3.05) is 51.4 Å². The summed E-state index contributed by atoms with van der Waals surface area (Å²) in [6, 6.07) is 4.50. The standard InChI is InChI=1S/C23H31N7O2/c1-5-18(12-24)10-16(2)17(3)27-23(25)28-19-11-21(31-4)22(26-13-19)30-8-6-29(7-9-30)20-14-32-15-20/h5,10-11,13,20H,6-9,14-15H2,1-4H3,(H2,25,28)/b16-10+,18-5-,27-17+. The van der Waals surface area contributed by atoms with Crippen LogP contribution in [0.1, 0.15) is 20.8 Å². The molecule has 3 heterocycles. The Bertz CT molecular complexity index is 979. The minimum Gasteiger partial charge on any atom is -0.493 e. The number of piperazine rings is 1. The van der Waals surface area contributed by atoms with E-state index in [1.807, 2.05) is 26.8 Å². The molecule has 2 aliphatic heterocycles. The van der Waals surface area contributed by atoms with Crippen molar-refractivity contribution in [2.24, 2.45) is 15.7 Å². The van der Waals surface area contributed by atoms with Crippen LogP contribution in [0.15, 0.2) is 45.5 Å². The van der Waals surface area contributed by atoms with E-state index in [9.17, 15) is 0 Å². The van der Waals surface area contributed by atoms with E-state index in [0.717, 1.165) is 50.8 Å². The zero-order valence-corrected chi connectivity index (χ0v) is 19.2. The molecule has 32 heavy (non-hydrogen) atoms. The van der Waals surface area contributed by atoms with E-state index in [4.69, 9.17) is 20.5 Å². The predicted molar refractivity (Wildman–Crippen MR) is 127 cm³/mol. The molecule has 0 unspecified atom stereocenters. The van der Waals surface area contributed by atoms with E-state index in [1.165, 1.54) is 0 Å². The normalized spacial score (nSPS) is 19.5. The van der Waals surface area contributed by atoms with Gasteiger partial charge in [-0.05, 0) is 32.4 Å². The van der Waals surface area contributed by atoms with E-state index in [1.54, 1.807) is 25.5 Å². The van der Waals surface area contributed by atoms with Crippen molar-refractivity contribution < 1.29 is 9.47 Å². The minimum absolute atomic E-state index is 0.113. The molecule has 0 bridgehead atoms. The van der Waals surface area contributed by atoms with Crippen molar-refractivity contribution in [3.8, 4) is 11.8 Å². The summed E-state index contributed by atoms with van der Waals surface area (Å²) in [6.07, 6.45) is 5.19. The van der Waals surface area contributed by atoms with Gasteiger partial charge in [0, 0.05) is 43.5 Å². The number of pyridine rings is 1. The second-order valence-corrected chi connectivity index (χ2v) is 7.78. The average Bonchev–Trinajstić information content (AvgIpc) is 2.76. The van der Waals surface area contributed by atoms with Gasteiger partial charge in [0.05, 0.1) is 44.3 Å². The highest BCUT2D eigenvalue weighted by molar-refractivity contribution is 6.05. The Balaban J connectivity index is 1.71. The molecule has 1 aromatic rings. The number of ether oxygens (including phenoxy) is 2. The van der Waals surface area contributed by atoms with Crippen LogP contribution in [0, 0.1) is 11.3 Å². The summed E-state index contributed by atoms with van der Waals surface area (Å²) in [4.78, 5) is 18.0. The Morgan fingerprint density at radius 2 is 2.03 bits per heavy atom. The molecule has 0 amide bonds. The molecule has 3 rings (SSSR count). The second-order valence-electron chi connectivity index (χ2n) is 7.78. The molecule has 2 saturated heterocycles. The first-order chi connectivity index (χ1) is 15.4. The SMILES string of the molecule is C/C=C(C#N)/C=C(C)/C(C)=N/C(N)=Nc1cnc(N2CCN(C3COC3)CC2)c(OC)c1. The fraction of sp³-hybridized carbons (Fsp3) is 0.478. The number of allylic oxidation sites excluding steroid dienone is 4. The van der Waals surface area contributed by atoms with E-state index in [0.29, 0.717) is 28.8 Å². The third-order valence-corrected chi connectivity index (χ3v) is 5.70. The smallest absolute Gasteiger partial charge is 0.220 e. The lowest BCUT2D eigenvalue weighted by molar-refractivity contribution is -0.0661. The first-order valence-corrected chi connectivity index (χ1v) is 10.7. The van der Waals surface area contributed by atoms with Gasteiger partial charge in [0.2, 0.25) is 5.96 Å². The number of anilines is 1. The van der Waals surface area contributed by atoms with Gasteiger partial charge in [0.25, 0.3) is 0 Å². The van der Waals surface area contributed by atoms with Crippen molar-refractivity contribution in [1.29, 1.82) is 5.26 Å². The van der Waals surface area contributed by atoms with Crippen molar-refractivity contribution in [3.05, 3.63) is 35.6 Å². The molecule has 0 aliphatic carbocycles. The molecule has 0 aromatic carbocycles. The topological polar surface area (TPSA) is 112 Å². The Kier molecular flexibility index (Phi) is 7.98. The summed E-state index contributed by atoms with van der Waals surface area (Å²) in [5.74, 6) is 1.58. The maximum Gasteiger partial charge on any atom is 0.220 e. The van der Waals surface area contributed by atoms with Gasteiger partial charge in [0.1, 0.15) is 0 Å². The van der Waals surface area contributed by atoms with Gasteiger partial charge in [-0.25, -0.2) is 15.0 Å². The number of nitriles is 1. The molecule has 0 atom stereocenters. The van der Waals surface area contributed by atoms with Crippen LogP contribution in [-0.2, 0) is 4.74 Å². The minimum atomic E-state index is 0.113. The molecule has 170 valence electrons. The van der Waals surface area contributed by atoms with Gasteiger partial charge in [-0.2, -0.15) is 5.26 Å². The van der Waals surface area contributed by atoms with Crippen molar-refractivity contribution in [2.45, 2.75) is 26.8 Å². The predicted octanol–water partition coefficient (Wildman–Crippen LogP) is 2.43. The third-order valence-electron chi connectivity index (χ3n) is 5.70. The van der Waals surface area contributed by atoms with Crippen LogP contribution in [-0.4, -0.2) is 74.1 Å². The Hall–Kier alpha value is -3.22. The van der Waals surface area contributed by atoms with Crippen molar-refractivity contribution in [3.63, 3.8) is 0 Å². The molecular weight excluding hydrogens is 406 g/mol. The highest BCUT2D eigenvalue weighted by Gasteiger charge is 2.29. The number of aliphatic imine (C=N–C) groups is 2. The summed E-state index contributed by atoms with van der Waals surface area (Å²) in [5, 5.41) is 9.07. The Labute approximate surface area is 189 Å². The number of aromatic nitrogens is 1. The van der Waals surface area contributed by atoms with Crippen LogP contribution in [0.2, 0.25) is 0 Å². The van der Waals surface area contributed by atoms with Crippen molar-refractivity contribution in [1.82, 2.24) is 9.88 Å². The highest BCUT2D eigenvalue weighted by Crippen LogP contribution is 2.30. The van der Waals surface area contributed by atoms with Gasteiger partial charge in [-0.15, -0.1) is 0 Å². The molecule has 2 aliphatic rings. The zero-order chi connectivity index (χ0) is 23.1. The van der Waals surface area contributed by atoms with Crippen LogP contribution in [0.3, 0.4) is 0 Å². The van der Waals surface area contributed by atoms with E-state index in [-0.39, 0.29) is 5.96 Å². The summed E-state index contributed by atoms with van der Waals surface area (Å²) in [7, 11) is 1.63. The molecule has 1 aromatic heterocycles. The van der Waals surface area contributed by atoms with Crippen LogP contribution in [0.25, 0.3) is 0 Å². The van der Waals surface area contributed by atoms with Crippen LogP contribution in [0.5, 0.6) is 5.75 Å². The number of hydrogen-bond acceptors (Lipinski definition) is 7. The van der Waals surface area contributed by atoms with Gasteiger partial charge < -0.3 is 20.1 Å². The van der Waals surface area contributed by atoms with Gasteiger partial charge in [-0.1, -0.05) is 6.08 Å². The van der Waals surface area contributed by atoms with Crippen LogP contribution >= 0.6 is 0 Å². The van der Waals surface area contributed by atoms with E-state index in [2.05, 4.69) is 30.8 Å². The zero-order valence-electron chi connectivity index (χ0n) is 19.2. The molecule has 9 nitrogen and oxygen atoms in total. The van der Waals surface area contributed by atoms with Crippen molar-refractivity contribution >= 4 is 23.2 Å². The highest BCUT2D eigenvalue weighted by atomic mass is 16.5. The molecular formula is C23H31N7O2. The number of rotatable bonds is 6. The monoisotopic (exact) mass is 437 g/mol. The Morgan fingerprint density at radius 1 is 1.31 bits per heavy atom.